The molecule has 0 spiro atoms. The van der Waals surface area contributed by atoms with Gasteiger partial charge in [0.2, 0.25) is 0 Å². The highest BCUT2D eigenvalue weighted by Gasteiger charge is 2.08. The van der Waals surface area contributed by atoms with Crippen molar-refractivity contribution in [1.82, 2.24) is 5.32 Å². The molecule has 74 valence electrons. The summed E-state index contributed by atoms with van der Waals surface area (Å²) in [6.07, 6.45) is 1.69. The lowest BCUT2D eigenvalue weighted by Crippen LogP contribution is -2.02. The Balaban J connectivity index is 2.29. The van der Waals surface area contributed by atoms with Crippen molar-refractivity contribution in [1.29, 1.82) is 0 Å². The van der Waals surface area contributed by atoms with Gasteiger partial charge in [-0.05, 0) is 35.1 Å². The fourth-order valence-electron chi connectivity index (χ4n) is 1.27. The zero-order valence-corrected chi connectivity index (χ0v) is 10.1. The van der Waals surface area contributed by atoms with Crippen LogP contribution >= 0.6 is 27.3 Å². The molecule has 0 amide bonds. The number of hydrogen-bond donors (Lipinski definition) is 1. The fraction of sp³-hybridized carbons (Fsp3) is 0.200. The van der Waals surface area contributed by atoms with E-state index in [9.17, 15) is 0 Å². The Bertz CT molecular complexity index is 421. The summed E-state index contributed by atoms with van der Waals surface area (Å²) in [5.74, 6) is 0.906. The molecule has 0 atom stereocenters. The molecule has 1 N–H and O–H groups in total. The van der Waals surface area contributed by atoms with Crippen LogP contribution < -0.4 is 5.32 Å². The molecule has 0 fully saturated rings. The van der Waals surface area contributed by atoms with Crippen molar-refractivity contribution in [3.63, 3.8) is 0 Å². The second kappa shape index (κ2) is 4.29. The van der Waals surface area contributed by atoms with Crippen LogP contribution in [0.2, 0.25) is 0 Å². The van der Waals surface area contributed by atoms with Gasteiger partial charge in [0, 0.05) is 22.4 Å². The van der Waals surface area contributed by atoms with E-state index >= 15 is 0 Å². The molecular formula is C10H10BrNOS. The Labute approximate surface area is 95.1 Å². The van der Waals surface area contributed by atoms with E-state index in [0.717, 1.165) is 22.3 Å². The molecule has 2 heterocycles. The maximum atomic E-state index is 5.38. The molecule has 0 aliphatic carbocycles. The third-order valence-corrected chi connectivity index (χ3v) is 3.45. The number of nitrogens with one attached hydrogen (secondary N) is 1. The molecule has 0 unspecified atom stereocenters. The van der Waals surface area contributed by atoms with Gasteiger partial charge in [-0.15, -0.1) is 11.3 Å². The average molecular weight is 272 g/mol. The Morgan fingerprint density at radius 2 is 2.43 bits per heavy atom. The van der Waals surface area contributed by atoms with E-state index in [1.165, 1.54) is 4.88 Å². The van der Waals surface area contributed by atoms with E-state index in [0.29, 0.717) is 0 Å². The van der Waals surface area contributed by atoms with Crippen LogP contribution in [-0.4, -0.2) is 7.05 Å². The summed E-state index contributed by atoms with van der Waals surface area (Å²) < 4.78 is 6.39. The van der Waals surface area contributed by atoms with Gasteiger partial charge in [-0.3, -0.25) is 0 Å². The summed E-state index contributed by atoms with van der Waals surface area (Å²) in [7, 11) is 1.95. The third-order valence-electron chi connectivity index (χ3n) is 1.88. The van der Waals surface area contributed by atoms with Crippen LogP contribution in [0.1, 0.15) is 4.88 Å². The highest BCUT2D eigenvalue weighted by atomic mass is 79.9. The fourth-order valence-corrected chi connectivity index (χ4v) is 2.57. The molecule has 0 aliphatic rings. The van der Waals surface area contributed by atoms with Crippen molar-refractivity contribution >= 4 is 27.3 Å². The van der Waals surface area contributed by atoms with Crippen LogP contribution in [0.4, 0.5) is 0 Å². The summed E-state index contributed by atoms with van der Waals surface area (Å²) >= 11 is 5.18. The number of furan rings is 1. The van der Waals surface area contributed by atoms with Gasteiger partial charge in [0.25, 0.3) is 0 Å². The molecule has 14 heavy (non-hydrogen) atoms. The number of thiophene rings is 1. The van der Waals surface area contributed by atoms with Crippen molar-refractivity contribution in [2.45, 2.75) is 6.54 Å². The topological polar surface area (TPSA) is 25.2 Å². The molecule has 4 heteroatoms. The molecule has 2 aromatic heterocycles. The largest absolute Gasteiger partial charge is 0.463 e. The summed E-state index contributed by atoms with van der Waals surface area (Å²) in [5.41, 5.74) is 1.14. The van der Waals surface area contributed by atoms with Gasteiger partial charge in [0.1, 0.15) is 5.76 Å². The van der Waals surface area contributed by atoms with E-state index in [1.54, 1.807) is 17.6 Å². The molecule has 0 aliphatic heterocycles. The Kier molecular flexibility index (Phi) is 3.05. The monoisotopic (exact) mass is 271 g/mol. The van der Waals surface area contributed by atoms with Crippen LogP contribution in [0.5, 0.6) is 0 Å². The van der Waals surface area contributed by atoms with Gasteiger partial charge in [-0.2, -0.15) is 0 Å². The van der Waals surface area contributed by atoms with Gasteiger partial charge >= 0.3 is 0 Å². The first-order valence-electron chi connectivity index (χ1n) is 4.26. The molecule has 0 aromatic carbocycles. The highest BCUT2D eigenvalue weighted by Crippen LogP contribution is 2.32. The van der Waals surface area contributed by atoms with Crippen LogP contribution in [0.15, 0.2) is 32.7 Å². The standard InChI is InChI=1S/C10H10BrNOS/c1-12-5-8-4-7(6-14-8)10-9(11)2-3-13-10/h2-4,6,12H,5H2,1H3. The quantitative estimate of drug-likeness (QED) is 0.925. The summed E-state index contributed by atoms with van der Waals surface area (Å²) in [4.78, 5) is 1.31. The second-order valence-electron chi connectivity index (χ2n) is 2.93. The van der Waals surface area contributed by atoms with Crippen molar-refractivity contribution in [2.75, 3.05) is 7.05 Å². The van der Waals surface area contributed by atoms with Gasteiger partial charge in [-0.25, -0.2) is 0 Å². The van der Waals surface area contributed by atoms with Gasteiger partial charge in [-0.1, -0.05) is 0 Å². The van der Waals surface area contributed by atoms with E-state index in [2.05, 4.69) is 32.7 Å². The van der Waals surface area contributed by atoms with Crippen LogP contribution in [0.3, 0.4) is 0 Å². The number of halogens is 1. The highest BCUT2D eigenvalue weighted by molar-refractivity contribution is 9.10. The summed E-state index contributed by atoms with van der Waals surface area (Å²) in [5, 5.41) is 5.23. The van der Waals surface area contributed by atoms with Crippen LogP contribution in [0.25, 0.3) is 11.3 Å². The second-order valence-corrected chi connectivity index (χ2v) is 4.78. The predicted octanol–water partition coefficient (Wildman–Crippen LogP) is 3.49. The molecule has 2 nitrogen and oxygen atoms in total. The molecule has 0 saturated carbocycles. The molecule has 2 aromatic rings. The lowest BCUT2D eigenvalue weighted by molar-refractivity contribution is 0.581. The zero-order chi connectivity index (χ0) is 9.97. The van der Waals surface area contributed by atoms with E-state index in [4.69, 9.17) is 4.42 Å². The van der Waals surface area contributed by atoms with Crippen LogP contribution in [0, 0.1) is 0 Å². The minimum atomic E-state index is 0.906. The Morgan fingerprint density at radius 3 is 3.07 bits per heavy atom. The lowest BCUT2D eigenvalue weighted by Gasteiger charge is -1.92. The summed E-state index contributed by atoms with van der Waals surface area (Å²) in [6.45, 7) is 0.906. The average Bonchev–Trinajstić information content (AvgIpc) is 2.74. The van der Waals surface area contributed by atoms with E-state index < -0.39 is 0 Å². The minimum absolute atomic E-state index is 0.906. The lowest BCUT2D eigenvalue weighted by atomic mass is 10.2. The molecule has 0 radical (unpaired) electrons. The SMILES string of the molecule is CNCc1cc(-c2occc2Br)cs1. The normalized spacial score (nSPS) is 10.7. The first-order valence-corrected chi connectivity index (χ1v) is 5.94. The maximum absolute atomic E-state index is 5.38. The third kappa shape index (κ3) is 1.92. The number of rotatable bonds is 3. The molecule has 2 rings (SSSR count). The smallest absolute Gasteiger partial charge is 0.148 e. The van der Waals surface area contributed by atoms with Crippen molar-refractivity contribution < 1.29 is 4.42 Å². The van der Waals surface area contributed by atoms with E-state index in [-0.39, 0.29) is 0 Å². The van der Waals surface area contributed by atoms with Crippen molar-refractivity contribution in [2.24, 2.45) is 0 Å². The van der Waals surface area contributed by atoms with Crippen molar-refractivity contribution in [3.05, 3.63) is 33.1 Å². The number of hydrogen-bond acceptors (Lipinski definition) is 3. The van der Waals surface area contributed by atoms with Crippen LogP contribution in [-0.2, 0) is 6.54 Å². The zero-order valence-electron chi connectivity index (χ0n) is 7.71. The van der Waals surface area contributed by atoms with Crippen molar-refractivity contribution in [3.8, 4) is 11.3 Å². The minimum Gasteiger partial charge on any atom is -0.463 e. The van der Waals surface area contributed by atoms with Gasteiger partial charge < -0.3 is 9.73 Å². The molecular weight excluding hydrogens is 262 g/mol. The van der Waals surface area contributed by atoms with E-state index in [1.807, 2.05) is 13.1 Å². The first-order chi connectivity index (χ1) is 6.81. The predicted molar refractivity (Wildman–Crippen MR) is 62.5 cm³/mol. The van der Waals surface area contributed by atoms with Gasteiger partial charge in [0.15, 0.2) is 0 Å². The molecule has 0 saturated heterocycles. The maximum Gasteiger partial charge on any atom is 0.148 e. The Morgan fingerprint density at radius 1 is 1.57 bits per heavy atom. The molecule has 0 bridgehead atoms. The summed E-state index contributed by atoms with van der Waals surface area (Å²) in [6, 6.07) is 4.05. The van der Waals surface area contributed by atoms with Gasteiger partial charge in [0.05, 0.1) is 10.7 Å². The first kappa shape index (κ1) is 9.96. The Hall–Kier alpha value is -0.580.